The molecule has 0 saturated carbocycles. The van der Waals surface area contributed by atoms with Crippen molar-refractivity contribution in [3.8, 4) is 6.07 Å². The molecule has 0 heterocycles. The monoisotopic (exact) mass is 377 g/mol. The van der Waals surface area contributed by atoms with Crippen LogP contribution >= 0.6 is 35.7 Å². The van der Waals surface area contributed by atoms with E-state index in [2.05, 4.69) is 13.0 Å². The van der Waals surface area contributed by atoms with Gasteiger partial charge in [0.15, 0.2) is 0 Å². The van der Waals surface area contributed by atoms with Gasteiger partial charge in [-0.3, -0.25) is 9.59 Å². The molecule has 2 unspecified atom stereocenters. The molecule has 2 N–H and O–H groups in total. The van der Waals surface area contributed by atoms with Crippen LogP contribution in [0.2, 0.25) is 0 Å². The fourth-order valence-corrected chi connectivity index (χ4v) is 5.26. The van der Waals surface area contributed by atoms with Gasteiger partial charge in [-0.2, -0.15) is 5.26 Å². The van der Waals surface area contributed by atoms with Crippen LogP contribution in [-0.4, -0.2) is 36.2 Å². The lowest BCUT2D eigenvalue weighted by Crippen LogP contribution is -2.38. The second kappa shape index (κ2) is 10.2. The van der Waals surface area contributed by atoms with Crippen LogP contribution in [0.15, 0.2) is 0 Å². The Morgan fingerprint density at radius 2 is 1.91 bits per heavy atom. The average Bonchev–Trinajstić information content (AvgIpc) is 2.45. The Bertz CT molecular complexity index is 492. The Labute approximate surface area is 151 Å². The maximum atomic E-state index is 11.7. The summed E-state index contributed by atoms with van der Waals surface area (Å²) in [6, 6.07) is 2.08. The summed E-state index contributed by atoms with van der Waals surface area (Å²) < 4.78 is -0.707. The highest BCUT2D eigenvalue weighted by Gasteiger charge is 2.43. The molecule has 2 atom stereocenters. The van der Waals surface area contributed by atoms with Gasteiger partial charge in [0, 0.05) is 6.42 Å². The third-order valence-electron chi connectivity index (χ3n) is 3.37. The van der Waals surface area contributed by atoms with Crippen molar-refractivity contribution >= 4 is 51.2 Å². The fourth-order valence-electron chi connectivity index (χ4n) is 1.98. The number of unbranched alkanes of at least 4 members (excludes halogenated alkanes) is 1. The van der Waals surface area contributed by atoms with Gasteiger partial charge < -0.3 is 10.2 Å². The molecular formula is C15H23NO4S3. The van der Waals surface area contributed by atoms with Gasteiger partial charge in [0.2, 0.25) is 0 Å². The Balaban J connectivity index is 4.99. The smallest absolute Gasteiger partial charge is 0.319 e. The van der Waals surface area contributed by atoms with E-state index in [1.807, 2.05) is 0 Å². The molecule has 0 saturated heterocycles. The highest BCUT2D eigenvalue weighted by atomic mass is 32.2. The minimum Gasteiger partial charge on any atom is -0.481 e. The molecule has 0 radical (unpaired) electrons. The lowest BCUT2D eigenvalue weighted by molar-refractivity contribution is -0.140. The number of nitriles is 1. The topological polar surface area (TPSA) is 98.4 Å². The zero-order valence-electron chi connectivity index (χ0n) is 13.6. The van der Waals surface area contributed by atoms with Crippen molar-refractivity contribution in [3.05, 3.63) is 0 Å². The molecule has 0 aliphatic rings. The molecule has 23 heavy (non-hydrogen) atoms. The molecule has 8 heteroatoms. The van der Waals surface area contributed by atoms with Gasteiger partial charge in [-0.25, -0.2) is 0 Å². The molecule has 0 bridgehead atoms. The van der Waals surface area contributed by atoms with E-state index in [9.17, 15) is 20.0 Å². The predicted molar refractivity (Wildman–Crippen MR) is 98.8 cm³/mol. The van der Waals surface area contributed by atoms with Gasteiger partial charge in [0.25, 0.3) is 0 Å². The van der Waals surface area contributed by atoms with Gasteiger partial charge in [-0.1, -0.05) is 37.3 Å². The number of carboxylic acid groups (broad SMARTS) is 2. The number of carboxylic acids is 2. The van der Waals surface area contributed by atoms with Crippen molar-refractivity contribution in [1.29, 1.82) is 5.26 Å². The van der Waals surface area contributed by atoms with E-state index >= 15 is 0 Å². The predicted octanol–water partition coefficient (Wildman–Crippen LogP) is 4.17. The van der Waals surface area contributed by atoms with E-state index in [0.29, 0.717) is 3.53 Å². The van der Waals surface area contributed by atoms with E-state index in [-0.39, 0.29) is 19.3 Å². The largest absolute Gasteiger partial charge is 0.481 e. The maximum absolute atomic E-state index is 11.7. The second-order valence-electron chi connectivity index (χ2n) is 5.83. The van der Waals surface area contributed by atoms with Crippen molar-refractivity contribution in [2.75, 3.05) is 5.75 Å². The Hall–Kier alpha value is -0.780. The summed E-state index contributed by atoms with van der Waals surface area (Å²) in [5.74, 6) is -1.20. The van der Waals surface area contributed by atoms with E-state index in [1.54, 1.807) is 13.8 Å². The molecule has 0 aromatic heterocycles. The first kappa shape index (κ1) is 22.2. The van der Waals surface area contributed by atoms with Crippen LogP contribution in [0.5, 0.6) is 0 Å². The molecule has 0 aromatic carbocycles. The van der Waals surface area contributed by atoms with Crippen LogP contribution < -0.4 is 0 Å². The van der Waals surface area contributed by atoms with Crippen molar-refractivity contribution in [3.63, 3.8) is 0 Å². The third-order valence-corrected chi connectivity index (χ3v) is 6.24. The van der Waals surface area contributed by atoms with Crippen molar-refractivity contribution in [2.45, 2.75) is 57.6 Å². The zero-order valence-corrected chi connectivity index (χ0v) is 16.1. The Kier molecular flexibility index (Phi) is 9.82. The van der Waals surface area contributed by atoms with E-state index in [4.69, 9.17) is 17.3 Å². The van der Waals surface area contributed by atoms with Gasteiger partial charge in [0.05, 0.1) is 11.5 Å². The van der Waals surface area contributed by atoms with E-state index < -0.39 is 22.1 Å². The lowest BCUT2D eigenvalue weighted by Gasteiger charge is -2.31. The summed E-state index contributed by atoms with van der Waals surface area (Å²) in [5.41, 5.74) is -1.03. The highest BCUT2D eigenvalue weighted by Crippen LogP contribution is 2.42. The minimum atomic E-state index is -1.25. The second-order valence-corrected chi connectivity index (χ2v) is 9.64. The fraction of sp³-hybridized carbons (Fsp3) is 0.733. The Morgan fingerprint density at radius 3 is 2.35 bits per heavy atom. The van der Waals surface area contributed by atoms with Crippen LogP contribution in [0, 0.1) is 16.7 Å². The van der Waals surface area contributed by atoms with Crippen molar-refractivity contribution in [2.24, 2.45) is 5.41 Å². The number of rotatable bonds is 10. The van der Waals surface area contributed by atoms with Crippen LogP contribution in [0.25, 0.3) is 0 Å². The normalized spacial score (nSPS) is 15.9. The maximum Gasteiger partial charge on any atom is 0.319 e. The number of thiocarbonyl (C=S) groups is 1. The standard InChI is InChI=1S/C15H23NO4S3/c1-4-5-8-22-13(21)23-15(3,12(19)20)9-14(2,10-16)7-6-11(17)18/h4-9H2,1-3H3,(H,17,18)(H,19,20). The van der Waals surface area contributed by atoms with Gasteiger partial charge in [-0.15, -0.1) is 11.8 Å². The summed E-state index contributed by atoms with van der Waals surface area (Å²) in [6.07, 6.45) is 2.03. The van der Waals surface area contributed by atoms with Crippen LogP contribution in [0.1, 0.15) is 52.9 Å². The average molecular weight is 378 g/mol. The molecule has 130 valence electrons. The lowest BCUT2D eigenvalue weighted by atomic mass is 9.78. The van der Waals surface area contributed by atoms with Gasteiger partial charge in [0.1, 0.15) is 8.28 Å². The minimum absolute atomic E-state index is 0.0399. The van der Waals surface area contributed by atoms with Crippen LogP contribution in [0.4, 0.5) is 0 Å². The number of aliphatic carboxylic acids is 2. The van der Waals surface area contributed by atoms with Crippen molar-refractivity contribution in [1.82, 2.24) is 0 Å². The molecule has 0 aliphatic heterocycles. The first-order chi connectivity index (χ1) is 10.6. The first-order valence-electron chi connectivity index (χ1n) is 7.31. The first-order valence-corrected chi connectivity index (χ1v) is 9.52. The third kappa shape index (κ3) is 8.58. The number of thioether (sulfide) groups is 2. The molecule has 0 fully saturated rings. The molecule has 0 spiro atoms. The zero-order chi connectivity index (χ0) is 18.1. The SMILES string of the molecule is CCCCSC(=S)SC(C)(CC(C)(C#N)CCC(=O)O)C(=O)O. The van der Waals surface area contributed by atoms with Crippen LogP contribution in [0.3, 0.4) is 0 Å². The summed E-state index contributed by atoms with van der Waals surface area (Å²) >= 11 is 7.78. The van der Waals surface area contributed by atoms with Gasteiger partial charge >= 0.3 is 11.9 Å². The number of carbonyl (C=O) groups is 2. The Morgan fingerprint density at radius 1 is 1.30 bits per heavy atom. The number of hydrogen-bond acceptors (Lipinski definition) is 6. The van der Waals surface area contributed by atoms with Crippen LogP contribution in [-0.2, 0) is 9.59 Å². The summed E-state index contributed by atoms with van der Waals surface area (Å²) in [5, 5.41) is 27.7. The molecule has 0 amide bonds. The van der Waals surface area contributed by atoms with Gasteiger partial charge in [-0.05, 0) is 38.9 Å². The molecule has 0 aliphatic carbocycles. The molecule has 5 nitrogen and oxygen atoms in total. The molecule has 0 aromatic rings. The highest BCUT2D eigenvalue weighted by molar-refractivity contribution is 8.47. The quantitative estimate of drug-likeness (QED) is 0.432. The molecular weight excluding hydrogens is 354 g/mol. The van der Waals surface area contributed by atoms with E-state index in [0.717, 1.165) is 30.4 Å². The molecule has 0 rings (SSSR count). The number of hydrogen-bond donors (Lipinski definition) is 2. The summed E-state index contributed by atoms with van der Waals surface area (Å²) in [6.45, 7) is 5.22. The summed E-state index contributed by atoms with van der Waals surface area (Å²) in [7, 11) is 0. The summed E-state index contributed by atoms with van der Waals surface area (Å²) in [4.78, 5) is 22.4. The number of nitrogens with zero attached hydrogens (tertiary/aromatic N) is 1. The van der Waals surface area contributed by atoms with Crippen molar-refractivity contribution < 1.29 is 19.8 Å². The van der Waals surface area contributed by atoms with E-state index in [1.165, 1.54) is 11.8 Å².